The highest BCUT2D eigenvalue weighted by Gasteiger charge is 2.29. The van der Waals surface area contributed by atoms with Crippen molar-refractivity contribution in [3.05, 3.63) is 36.2 Å². The molecule has 0 aromatic rings. The number of hydrazone groups is 1. The summed E-state index contributed by atoms with van der Waals surface area (Å²) in [4.78, 5) is 14.7. The van der Waals surface area contributed by atoms with Gasteiger partial charge in [0.2, 0.25) is 0 Å². The summed E-state index contributed by atoms with van der Waals surface area (Å²) in [6, 6.07) is 0. The average molecular weight is 376 g/mol. The third-order valence-electron chi connectivity index (χ3n) is 4.37. The first kappa shape index (κ1) is 23.2. The Kier molecular flexibility index (Phi) is 9.50. The molecule has 152 valence electrons. The molecule has 0 amide bonds. The van der Waals surface area contributed by atoms with Crippen LogP contribution in [0.5, 0.6) is 0 Å². The topological polar surface area (TPSA) is 45.1 Å². The van der Waals surface area contributed by atoms with Crippen LogP contribution >= 0.6 is 0 Å². The summed E-state index contributed by atoms with van der Waals surface area (Å²) in [5.74, 6) is 0.975. The molecule has 1 rings (SSSR count). The Bertz CT molecular complexity index is 577. The van der Waals surface area contributed by atoms with Gasteiger partial charge in [-0.15, -0.1) is 0 Å². The molecule has 0 aliphatic carbocycles. The molecule has 0 aromatic heterocycles. The fourth-order valence-electron chi connectivity index (χ4n) is 3.26. The first-order valence-electron chi connectivity index (χ1n) is 9.86. The van der Waals surface area contributed by atoms with Gasteiger partial charge >= 0.3 is 0 Å². The summed E-state index contributed by atoms with van der Waals surface area (Å²) in [5, 5.41) is 6.39. The third kappa shape index (κ3) is 8.12. The van der Waals surface area contributed by atoms with Crippen molar-refractivity contribution in [2.45, 2.75) is 72.0 Å². The molecule has 1 saturated heterocycles. The summed E-state index contributed by atoms with van der Waals surface area (Å²) < 4.78 is 6.12. The summed E-state index contributed by atoms with van der Waals surface area (Å²) in [6.07, 6.45) is 11.3. The van der Waals surface area contributed by atoms with Crippen LogP contribution in [0.3, 0.4) is 0 Å². The average Bonchev–Trinajstić information content (AvgIpc) is 2.85. The maximum atomic E-state index is 12.4. The molecule has 1 fully saturated rings. The first-order chi connectivity index (χ1) is 12.7. The summed E-state index contributed by atoms with van der Waals surface area (Å²) in [6.45, 7) is 15.1. The van der Waals surface area contributed by atoms with Gasteiger partial charge in [-0.25, -0.2) is 0 Å². The summed E-state index contributed by atoms with van der Waals surface area (Å²) in [5.41, 5.74) is 0.502. The Morgan fingerprint density at radius 1 is 1.15 bits per heavy atom. The lowest BCUT2D eigenvalue weighted by Gasteiger charge is -2.35. The van der Waals surface area contributed by atoms with E-state index in [0.29, 0.717) is 0 Å². The minimum atomic E-state index is -0.579. The predicted molar refractivity (Wildman–Crippen MR) is 114 cm³/mol. The fourth-order valence-corrected chi connectivity index (χ4v) is 3.26. The monoisotopic (exact) mass is 375 g/mol. The van der Waals surface area contributed by atoms with Gasteiger partial charge in [-0.05, 0) is 53.5 Å². The first-order valence-corrected chi connectivity index (χ1v) is 9.86. The van der Waals surface area contributed by atoms with Crippen molar-refractivity contribution < 1.29 is 9.53 Å². The molecule has 5 nitrogen and oxygen atoms in total. The fraction of sp³-hybridized carbons (Fsp3) is 0.636. The van der Waals surface area contributed by atoms with E-state index in [-0.39, 0.29) is 5.78 Å². The maximum Gasteiger partial charge on any atom is 0.162 e. The number of rotatable bonds is 8. The summed E-state index contributed by atoms with van der Waals surface area (Å²) in [7, 11) is 1.93. The number of carbonyl (C=O) groups excluding carboxylic acids is 1. The van der Waals surface area contributed by atoms with E-state index >= 15 is 0 Å². The van der Waals surface area contributed by atoms with Crippen molar-refractivity contribution in [1.82, 2.24) is 9.91 Å². The van der Waals surface area contributed by atoms with Crippen LogP contribution in [0, 0.1) is 0 Å². The summed E-state index contributed by atoms with van der Waals surface area (Å²) >= 11 is 0. The molecule has 1 atom stereocenters. The molecule has 1 aliphatic rings. The van der Waals surface area contributed by atoms with Crippen molar-refractivity contribution in [1.29, 1.82) is 0 Å². The van der Waals surface area contributed by atoms with Gasteiger partial charge in [-0.3, -0.25) is 9.80 Å². The molecule has 5 heteroatoms. The third-order valence-corrected chi connectivity index (χ3v) is 4.37. The van der Waals surface area contributed by atoms with E-state index < -0.39 is 11.7 Å². The molecule has 0 bridgehead atoms. The van der Waals surface area contributed by atoms with Gasteiger partial charge in [0.25, 0.3) is 0 Å². The van der Waals surface area contributed by atoms with Gasteiger partial charge in [-0.2, -0.15) is 5.10 Å². The number of likely N-dealkylation sites (tertiary alicyclic amines) is 1. The van der Waals surface area contributed by atoms with E-state index in [0.717, 1.165) is 37.3 Å². The normalized spacial score (nSPS) is 18.4. The van der Waals surface area contributed by atoms with Crippen LogP contribution in [0.4, 0.5) is 0 Å². The second-order valence-corrected chi connectivity index (χ2v) is 8.04. The minimum absolute atomic E-state index is 0.0127. The standard InChI is InChI=1S/C22H37N3O2/c1-8-9-12-15-23-24(7)21(25-16-13-10-11-14-17-25)18(2)20(19(3)26)27-22(4,5)6/h8-9,12,15,20H,1,10-11,13-14,16-17H2,2-7H3/b12-9?,21-18-,23-15?. The van der Waals surface area contributed by atoms with Crippen molar-refractivity contribution in [2.24, 2.45) is 5.10 Å². The van der Waals surface area contributed by atoms with E-state index in [1.165, 1.54) is 12.8 Å². The highest BCUT2D eigenvalue weighted by atomic mass is 16.5. The maximum absolute atomic E-state index is 12.4. The van der Waals surface area contributed by atoms with Crippen molar-refractivity contribution in [3.63, 3.8) is 0 Å². The lowest BCUT2D eigenvalue weighted by Crippen LogP contribution is -2.39. The van der Waals surface area contributed by atoms with Gasteiger partial charge in [0.15, 0.2) is 5.78 Å². The van der Waals surface area contributed by atoms with E-state index in [9.17, 15) is 4.79 Å². The van der Waals surface area contributed by atoms with Crippen LogP contribution < -0.4 is 0 Å². The second-order valence-electron chi connectivity index (χ2n) is 8.04. The SMILES string of the molecule is C=CC=CC=NN(C)/C(=C(\C)C(OC(C)(C)C)C(C)=O)N1CCCCCC1. The molecular weight excluding hydrogens is 338 g/mol. The van der Waals surface area contributed by atoms with Gasteiger partial charge < -0.3 is 9.64 Å². The van der Waals surface area contributed by atoms with Gasteiger partial charge in [0, 0.05) is 31.9 Å². The molecule has 0 aromatic carbocycles. The van der Waals surface area contributed by atoms with Crippen LogP contribution in [-0.4, -0.2) is 53.7 Å². The molecule has 1 aliphatic heterocycles. The van der Waals surface area contributed by atoms with Crippen molar-refractivity contribution in [3.8, 4) is 0 Å². The Balaban J connectivity index is 3.31. The zero-order chi connectivity index (χ0) is 20.4. The molecule has 0 spiro atoms. The Morgan fingerprint density at radius 3 is 2.22 bits per heavy atom. The highest BCUT2D eigenvalue weighted by Crippen LogP contribution is 2.25. The smallest absolute Gasteiger partial charge is 0.162 e. The molecule has 1 heterocycles. The number of Topliss-reactive ketones (excluding diaryl/α,β-unsaturated/α-hetero) is 1. The quantitative estimate of drug-likeness (QED) is 0.355. The number of hydrogen-bond donors (Lipinski definition) is 0. The number of carbonyl (C=O) groups is 1. The number of allylic oxidation sites excluding steroid dienone is 3. The predicted octanol–water partition coefficient (Wildman–Crippen LogP) is 4.53. The van der Waals surface area contributed by atoms with Crippen molar-refractivity contribution >= 4 is 12.0 Å². The Hall–Kier alpha value is -1.88. The van der Waals surface area contributed by atoms with E-state index in [1.807, 2.05) is 51.9 Å². The van der Waals surface area contributed by atoms with Crippen LogP contribution in [0.15, 0.2) is 41.3 Å². The Morgan fingerprint density at radius 2 is 1.74 bits per heavy atom. The van der Waals surface area contributed by atoms with E-state index in [2.05, 4.69) is 16.6 Å². The molecule has 0 saturated carbocycles. The zero-order valence-corrected chi connectivity index (χ0v) is 18.0. The molecule has 0 radical (unpaired) electrons. The van der Waals surface area contributed by atoms with Gasteiger partial charge in [0.1, 0.15) is 11.9 Å². The highest BCUT2D eigenvalue weighted by molar-refractivity contribution is 5.83. The van der Waals surface area contributed by atoms with E-state index in [4.69, 9.17) is 4.74 Å². The lowest BCUT2D eigenvalue weighted by molar-refractivity contribution is -0.134. The molecule has 27 heavy (non-hydrogen) atoms. The number of nitrogens with zero attached hydrogens (tertiary/aromatic N) is 3. The lowest BCUT2D eigenvalue weighted by atomic mass is 10.1. The van der Waals surface area contributed by atoms with Crippen LogP contribution in [0.1, 0.15) is 60.3 Å². The number of ether oxygens (including phenoxy) is 1. The zero-order valence-electron chi connectivity index (χ0n) is 18.0. The van der Waals surface area contributed by atoms with Crippen LogP contribution in [0.25, 0.3) is 0 Å². The van der Waals surface area contributed by atoms with E-state index in [1.54, 1.807) is 19.2 Å². The number of ketones is 1. The molecule has 1 unspecified atom stereocenters. The minimum Gasteiger partial charge on any atom is -0.360 e. The van der Waals surface area contributed by atoms with Gasteiger partial charge in [-0.1, -0.05) is 31.6 Å². The second kappa shape index (κ2) is 11.1. The van der Waals surface area contributed by atoms with Crippen LogP contribution in [0.2, 0.25) is 0 Å². The van der Waals surface area contributed by atoms with Gasteiger partial charge in [0.05, 0.1) is 5.60 Å². The molecule has 0 N–H and O–H groups in total. The number of hydrogen-bond acceptors (Lipinski definition) is 5. The molecular formula is C22H37N3O2. The Labute approximate surface area is 165 Å². The van der Waals surface area contributed by atoms with Crippen molar-refractivity contribution in [2.75, 3.05) is 20.1 Å². The largest absolute Gasteiger partial charge is 0.360 e. The van der Waals surface area contributed by atoms with Crippen LogP contribution in [-0.2, 0) is 9.53 Å².